The van der Waals surface area contributed by atoms with E-state index in [2.05, 4.69) is 15.3 Å². The van der Waals surface area contributed by atoms with Crippen molar-refractivity contribution in [3.8, 4) is 17.2 Å². The van der Waals surface area contributed by atoms with Crippen molar-refractivity contribution in [3.05, 3.63) is 40.4 Å². The summed E-state index contributed by atoms with van der Waals surface area (Å²) in [6, 6.07) is 6.45. The van der Waals surface area contributed by atoms with Gasteiger partial charge in [-0.1, -0.05) is 18.2 Å². The van der Waals surface area contributed by atoms with Crippen LogP contribution >= 0.6 is 11.3 Å². The first-order valence-electron chi connectivity index (χ1n) is 10.2. The van der Waals surface area contributed by atoms with Crippen molar-refractivity contribution in [2.75, 3.05) is 52.5 Å². The molecule has 1 saturated heterocycles. The van der Waals surface area contributed by atoms with E-state index < -0.39 is 11.7 Å². The number of morpholine rings is 1. The van der Waals surface area contributed by atoms with Gasteiger partial charge in [0.2, 0.25) is 11.5 Å². The maximum Gasteiger partial charge on any atom is 0.265 e. The second kappa shape index (κ2) is 9.61. The number of thiazole rings is 1. The lowest BCUT2D eigenvalue weighted by molar-refractivity contribution is 0.0942. The van der Waals surface area contributed by atoms with Crippen LogP contribution in [0, 0.1) is 0 Å². The van der Waals surface area contributed by atoms with Crippen LogP contribution in [0.3, 0.4) is 0 Å². The number of carbonyl (C=O) groups excluding carboxylic acids is 2. The highest BCUT2D eigenvalue weighted by Crippen LogP contribution is 2.52. The third-order valence-corrected chi connectivity index (χ3v) is 6.43. The van der Waals surface area contributed by atoms with E-state index in [-0.39, 0.29) is 16.1 Å². The number of hydrogen-bond acceptors (Lipinski definition) is 10. The summed E-state index contributed by atoms with van der Waals surface area (Å²) in [5, 5.41) is 0.199. The molecule has 0 saturated carbocycles. The number of amides is 1. The summed E-state index contributed by atoms with van der Waals surface area (Å²) >= 11 is 1.21. The summed E-state index contributed by atoms with van der Waals surface area (Å²) in [6.07, 6.45) is 0. The van der Waals surface area contributed by atoms with Gasteiger partial charge >= 0.3 is 0 Å². The van der Waals surface area contributed by atoms with Gasteiger partial charge in [-0.25, -0.2) is 10.8 Å². The number of methoxy groups -OCH3 is 3. The maximum absolute atomic E-state index is 13.4. The van der Waals surface area contributed by atoms with Crippen molar-refractivity contribution < 1.29 is 28.5 Å². The minimum absolute atomic E-state index is 0.166. The number of ketones is 1. The van der Waals surface area contributed by atoms with E-state index in [1.807, 2.05) is 0 Å². The number of ether oxygens (including phenoxy) is 4. The molecule has 0 aliphatic carbocycles. The first kappa shape index (κ1) is 22.8. The van der Waals surface area contributed by atoms with Gasteiger partial charge in [-0.2, -0.15) is 0 Å². The second-order valence-corrected chi connectivity index (χ2v) is 8.09. The van der Waals surface area contributed by atoms with E-state index in [4.69, 9.17) is 24.8 Å². The molecule has 1 aromatic heterocycles. The Kier molecular flexibility index (Phi) is 6.63. The highest BCUT2D eigenvalue weighted by molar-refractivity contribution is 7.21. The third-order valence-electron chi connectivity index (χ3n) is 5.37. The van der Waals surface area contributed by atoms with E-state index in [1.165, 1.54) is 31.6 Å². The Morgan fingerprint density at radius 2 is 1.67 bits per heavy atom. The van der Waals surface area contributed by atoms with Gasteiger partial charge in [-0.3, -0.25) is 15.0 Å². The Balaban J connectivity index is 1.95. The number of hydrogen-bond donors (Lipinski definition) is 2. The van der Waals surface area contributed by atoms with Crippen LogP contribution in [-0.4, -0.2) is 64.3 Å². The molecule has 1 fully saturated rings. The van der Waals surface area contributed by atoms with Crippen LogP contribution in [-0.2, 0) is 4.74 Å². The average molecular weight is 473 g/mol. The zero-order valence-electron chi connectivity index (χ0n) is 18.5. The number of aromatic nitrogens is 1. The van der Waals surface area contributed by atoms with Crippen molar-refractivity contribution in [2.24, 2.45) is 5.84 Å². The van der Waals surface area contributed by atoms with Gasteiger partial charge in [0.15, 0.2) is 16.5 Å². The van der Waals surface area contributed by atoms with Crippen LogP contribution < -0.4 is 30.4 Å². The van der Waals surface area contributed by atoms with Crippen LogP contribution in [0.25, 0.3) is 10.2 Å². The van der Waals surface area contributed by atoms with Crippen molar-refractivity contribution >= 4 is 38.9 Å². The number of hydrazine groups is 1. The first-order valence-corrected chi connectivity index (χ1v) is 11.0. The Labute approximate surface area is 194 Å². The van der Waals surface area contributed by atoms with Gasteiger partial charge in [-0.05, 0) is 6.07 Å². The van der Waals surface area contributed by atoms with Crippen LogP contribution in [0.2, 0.25) is 0 Å². The van der Waals surface area contributed by atoms with E-state index in [1.54, 1.807) is 25.3 Å². The lowest BCUT2D eigenvalue weighted by atomic mass is 10.0. The Hall–Kier alpha value is -3.41. The van der Waals surface area contributed by atoms with Gasteiger partial charge < -0.3 is 23.8 Å². The summed E-state index contributed by atoms with van der Waals surface area (Å²) in [5.74, 6) is 5.58. The molecule has 10 nitrogen and oxygen atoms in total. The number of nitrogens with zero attached hydrogens (tertiary/aromatic N) is 2. The molecule has 1 aliphatic rings. The van der Waals surface area contributed by atoms with Gasteiger partial charge in [0.25, 0.3) is 5.91 Å². The molecule has 0 spiro atoms. The largest absolute Gasteiger partial charge is 0.491 e. The number of carbonyl (C=O) groups is 2. The topological polar surface area (TPSA) is 125 Å². The summed E-state index contributed by atoms with van der Waals surface area (Å²) in [4.78, 5) is 32.4. The van der Waals surface area contributed by atoms with Crippen LogP contribution in [0.4, 0.5) is 5.69 Å². The zero-order valence-corrected chi connectivity index (χ0v) is 19.3. The highest BCUT2D eigenvalue weighted by atomic mass is 32.1. The summed E-state index contributed by atoms with van der Waals surface area (Å²) in [5.41, 5.74) is 3.68. The van der Waals surface area contributed by atoms with Gasteiger partial charge in [0.05, 0.1) is 44.8 Å². The van der Waals surface area contributed by atoms with Crippen LogP contribution in [0.15, 0.2) is 24.3 Å². The summed E-state index contributed by atoms with van der Waals surface area (Å²) in [7, 11) is 4.59. The Morgan fingerprint density at radius 3 is 2.27 bits per heavy atom. The third kappa shape index (κ3) is 3.94. The SMILES string of the molecule is COc1c(OC)c(N2CCOCC2)c2sc(C(=O)c3ccccc3C(=O)NN)nc2c1OC. The monoisotopic (exact) mass is 472 g/mol. The van der Waals surface area contributed by atoms with E-state index in [0.29, 0.717) is 49.1 Å². The smallest absolute Gasteiger partial charge is 0.265 e. The summed E-state index contributed by atoms with van der Waals surface area (Å²) < 4.78 is 23.2. The molecule has 3 aromatic rings. The fraction of sp³-hybridized carbons (Fsp3) is 0.318. The minimum Gasteiger partial charge on any atom is -0.491 e. The molecule has 33 heavy (non-hydrogen) atoms. The molecule has 1 amide bonds. The van der Waals surface area contributed by atoms with Crippen LogP contribution in [0.5, 0.6) is 17.2 Å². The average Bonchev–Trinajstić information content (AvgIpc) is 3.31. The first-order chi connectivity index (χ1) is 16.0. The molecule has 0 bridgehead atoms. The van der Waals surface area contributed by atoms with Gasteiger partial charge in [0.1, 0.15) is 11.2 Å². The molecule has 1 aliphatic heterocycles. The van der Waals surface area contributed by atoms with E-state index in [9.17, 15) is 9.59 Å². The number of rotatable bonds is 7. The highest BCUT2D eigenvalue weighted by Gasteiger charge is 2.31. The number of nitrogen functional groups attached to an aromatic ring is 1. The quantitative estimate of drug-likeness (QED) is 0.230. The predicted molar refractivity (Wildman–Crippen MR) is 124 cm³/mol. The zero-order chi connectivity index (χ0) is 23.5. The van der Waals surface area contributed by atoms with Crippen molar-refractivity contribution in [1.82, 2.24) is 10.4 Å². The van der Waals surface area contributed by atoms with Crippen molar-refractivity contribution in [3.63, 3.8) is 0 Å². The van der Waals surface area contributed by atoms with Crippen LogP contribution in [0.1, 0.15) is 25.7 Å². The predicted octanol–water partition coefficient (Wildman–Crippen LogP) is 1.99. The van der Waals surface area contributed by atoms with Gasteiger partial charge in [0, 0.05) is 18.7 Å². The molecule has 3 N–H and O–H groups in total. The molecule has 174 valence electrons. The molecule has 0 unspecified atom stereocenters. The number of benzene rings is 2. The lowest BCUT2D eigenvalue weighted by Gasteiger charge is -2.31. The standard InChI is InChI=1S/C22H24N4O6S/c1-29-17-14-20(15(18(30-2)19(17)31-3)26-8-10-32-11-9-26)33-22(24-14)16(27)12-6-4-5-7-13(12)21(28)25-23/h4-7H,8-11,23H2,1-3H3,(H,25,28). The fourth-order valence-electron chi connectivity index (χ4n) is 3.86. The molecule has 0 atom stereocenters. The van der Waals surface area contributed by atoms with E-state index >= 15 is 0 Å². The molecule has 2 aromatic carbocycles. The summed E-state index contributed by atoms with van der Waals surface area (Å²) in [6.45, 7) is 2.40. The fourth-order valence-corrected chi connectivity index (χ4v) is 4.95. The molecule has 0 radical (unpaired) electrons. The van der Waals surface area contributed by atoms with Gasteiger partial charge in [-0.15, -0.1) is 11.3 Å². The normalized spacial score (nSPS) is 13.6. The number of fused-ring (bicyclic) bond motifs is 1. The Bertz CT molecular complexity index is 1210. The number of nitrogens with one attached hydrogen (secondary N) is 1. The molecule has 2 heterocycles. The molecule has 4 rings (SSSR count). The molecule has 11 heteroatoms. The van der Waals surface area contributed by atoms with E-state index in [0.717, 1.165) is 10.4 Å². The second-order valence-electron chi connectivity index (χ2n) is 7.09. The number of anilines is 1. The number of nitrogens with two attached hydrogens (primary N) is 1. The minimum atomic E-state index is -0.560. The molecular weight excluding hydrogens is 448 g/mol. The lowest BCUT2D eigenvalue weighted by Crippen LogP contribution is -2.36. The Morgan fingerprint density at radius 1 is 1.03 bits per heavy atom. The molecular formula is C22H24N4O6S. The van der Waals surface area contributed by atoms with Crippen molar-refractivity contribution in [1.29, 1.82) is 0 Å². The maximum atomic E-state index is 13.4. The van der Waals surface area contributed by atoms with Crippen molar-refractivity contribution in [2.45, 2.75) is 0 Å².